The van der Waals surface area contributed by atoms with Gasteiger partial charge in [0.05, 0.1) is 25.6 Å². The van der Waals surface area contributed by atoms with Crippen LogP contribution in [0.15, 0.2) is 0 Å². The van der Waals surface area contributed by atoms with E-state index < -0.39 is 21.7 Å². The second-order valence-corrected chi connectivity index (χ2v) is 7.70. The molecule has 0 bridgehead atoms. The minimum absolute atomic E-state index is 0.437. The fraction of sp³-hybridized carbons (Fsp3) is 1.00. The van der Waals surface area contributed by atoms with Crippen molar-refractivity contribution in [2.24, 2.45) is 0 Å². The monoisotopic (exact) mass is 309 g/mol. The molecule has 20 heavy (non-hydrogen) atoms. The van der Waals surface area contributed by atoms with Crippen LogP contribution in [-0.4, -0.2) is 82.3 Å². The van der Waals surface area contributed by atoms with Crippen molar-refractivity contribution in [3.8, 4) is 0 Å². The summed E-state index contributed by atoms with van der Waals surface area (Å²) in [7, 11) is -3.23. The minimum atomic E-state index is -3.23. The number of hydrogen-bond donors (Lipinski definition) is 3. The van der Waals surface area contributed by atoms with Gasteiger partial charge in [0.2, 0.25) is 10.0 Å². The molecule has 0 spiro atoms. The van der Waals surface area contributed by atoms with E-state index in [1.807, 2.05) is 0 Å². The van der Waals surface area contributed by atoms with Crippen LogP contribution >= 0.6 is 0 Å². The zero-order chi connectivity index (χ0) is 15.2. The Morgan fingerprint density at radius 2 is 1.95 bits per heavy atom. The van der Waals surface area contributed by atoms with Crippen molar-refractivity contribution < 1.29 is 18.3 Å². The summed E-state index contributed by atoms with van der Waals surface area (Å²) in [6.07, 6.45) is 0.671. The number of nitrogens with one attached hydrogen (secondary N) is 2. The standard InChI is InChI=1S/C12H27N3O4S/c1-12(2,14-20(3,17)18)10-13-8-11(16)9-15-4-6-19-7-5-15/h11,13-14,16H,4-10H2,1-3H3. The molecule has 7 nitrogen and oxygen atoms in total. The number of aliphatic hydroxyl groups is 1. The minimum Gasteiger partial charge on any atom is -0.390 e. The van der Waals surface area contributed by atoms with Crippen LogP contribution in [0.3, 0.4) is 0 Å². The van der Waals surface area contributed by atoms with Gasteiger partial charge in [-0.1, -0.05) is 0 Å². The maximum atomic E-state index is 11.2. The Bertz CT molecular complexity index is 380. The predicted molar refractivity (Wildman–Crippen MR) is 78.2 cm³/mol. The van der Waals surface area contributed by atoms with Gasteiger partial charge >= 0.3 is 0 Å². The Kier molecular flexibility index (Phi) is 6.83. The molecule has 0 aromatic heterocycles. The fourth-order valence-electron chi connectivity index (χ4n) is 2.24. The van der Waals surface area contributed by atoms with Crippen molar-refractivity contribution in [3.63, 3.8) is 0 Å². The van der Waals surface area contributed by atoms with Gasteiger partial charge in [-0.3, -0.25) is 4.90 Å². The first kappa shape index (κ1) is 17.8. The molecule has 0 saturated carbocycles. The lowest BCUT2D eigenvalue weighted by atomic mass is 10.1. The van der Waals surface area contributed by atoms with E-state index in [4.69, 9.17) is 4.74 Å². The summed E-state index contributed by atoms with van der Waals surface area (Å²) in [6.45, 7) is 8.22. The normalized spacial score (nSPS) is 20.0. The maximum Gasteiger partial charge on any atom is 0.209 e. The Balaban J connectivity index is 2.21. The van der Waals surface area contributed by atoms with Crippen LogP contribution in [0.5, 0.6) is 0 Å². The smallest absolute Gasteiger partial charge is 0.209 e. The van der Waals surface area contributed by atoms with Crippen LogP contribution in [-0.2, 0) is 14.8 Å². The molecule has 0 aliphatic carbocycles. The first-order chi connectivity index (χ1) is 9.18. The fourth-order valence-corrected chi connectivity index (χ4v) is 3.31. The number of β-amino-alcohol motifs (C(OH)–C–C–N with tert-alkyl or cyclic N) is 1. The Labute approximate surface area is 121 Å². The van der Waals surface area contributed by atoms with Gasteiger partial charge in [0, 0.05) is 38.3 Å². The Hall–Kier alpha value is -0.250. The molecule has 1 atom stereocenters. The van der Waals surface area contributed by atoms with Crippen LogP contribution < -0.4 is 10.0 Å². The number of morpholine rings is 1. The molecule has 1 saturated heterocycles. The molecule has 3 N–H and O–H groups in total. The quantitative estimate of drug-likeness (QED) is 0.511. The summed E-state index contributed by atoms with van der Waals surface area (Å²) in [4.78, 5) is 2.16. The van der Waals surface area contributed by atoms with Crippen LogP contribution in [0.1, 0.15) is 13.8 Å². The molecule has 0 aromatic rings. The van der Waals surface area contributed by atoms with E-state index >= 15 is 0 Å². The highest BCUT2D eigenvalue weighted by Gasteiger charge is 2.22. The third-order valence-electron chi connectivity index (χ3n) is 2.98. The van der Waals surface area contributed by atoms with Crippen molar-refractivity contribution in [2.45, 2.75) is 25.5 Å². The van der Waals surface area contributed by atoms with Crippen molar-refractivity contribution >= 4 is 10.0 Å². The highest BCUT2D eigenvalue weighted by Crippen LogP contribution is 2.02. The lowest BCUT2D eigenvalue weighted by molar-refractivity contribution is 0.0148. The molecule has 1 heterocycles. The molecule has 1 aliphatic rings. The van der Waals surface area contributed by atoms with Gasteiger partial charge in [-0.25, -0.2) is 13.1 Å². The number of ether oxygens (including phenoxy) is 1. The molecule has 1 unspecified atom stereocenters. The van der Waals surface area contributed by atoms with Gasteiger partial charge in [0.1, 0.15) is 0 Å². The summed E-state index contributed by atoms with van der Waals surface area (Å²) in [5, 5.41) is 13.0. The summed E-state index contributed by atoms with van der Waals surface area (Å²) < 4.78 is 30.2. The van der Waals surface area contributed by atoms with Gasteiger partial charge in [-0.05, 0) is 13.8 Å². The molecule has 0 aromatic carbocycles. The van der Waals surface area contributed by atoms with Gasteiger partial charge in [0.15, 0.2) is 0 Å². The molecular weight excluding hydrogens is 282 g/mol. The molecule has 120 valence electrons. The first-order valence-corrected chi connectivity index (χ1v) is 8.75. The third-order valence-corrected chi connectivity index (χ3v) is 3.90. The summed E-state index contributed by atoms with van der Waals surface area (Å²) in [6, 6.07) is 0. The van der Waals surface area contributed by atoms with Gasteiger partial charge in [0.25, 0.3) is 0 Å². The highest BCUT2D eigenvalue weighted by molar-refractivity contribution is 7.88. The number of hydrogen-bond acceptors (Lipinski definition) is 6. The maximum absolute atomic E-state index is 11.2. The Morgan fingerprint density at radius 3 is 2.50 bits per heavy atom. The van der Waals surface area contributed by atoms with Crippen LogP contribution in [0.4, 0.5) is 0 Å². The summed E-state index contributed by atoms with van der Waals surface area (Å²) in [5.41, 5.74) is -0.577. The van der Waals surface area contributed by atoms with Crippen molar-refractivity contribution in [1.82, 2.24) is 14.9 Å². The second-order valence-electron chi connectivity index (χ2n) is 5.96. The number of nitrogens with zero attached hydrogens (tertiary/aromatic N) is 1. The van der Waals surface area contributed by atoms with Crippen LogP contribution in [0, 0.1) is 0 Å². The summed E-state index contributed by atoms with van der Waals surface area (Å²) >= 11 is 0. The molecule has 8 heteroatoms. The van der Waals surface area contributed by atoms with Crippen LogP contribution in [0.25, 0.3) is 0 Å². The van der Waals surface area contributed by atoms with Crippen molar-refractivity contribution in [3.05, 3.63) is 0 Å². The van der Waals surface area contributed by atoms with E-state index in [0.717, 1.165) is 19.3 Å². The number of rotatable bonds is 8. The van der Waals surface area contributed by atoms with E-state index in [1.165, 1.54) is 0 Å². The van der Waals surface area contributed by atoms with E-state index in [2.05, 4.69) is 14.9 Å². The average molecular weight is 309 g/mol. The molecule has 1 fully saturated rings. The first-order valence-electron chi connectivity index (χ1n) is 6.86. The molecule has 1 rings (SSSR count). The Morgan fingerprint density at radius 1 is 1.35 bits per heavy atom. The van der Waals surface area contributed by atoms with Gasteiger partial charge < -0.3 is 15.2 Å². The molecule has 1 aliphatic heterocycles. The SMILES string of the molecule is CC(C)(CNCC(O)CN1CCOCC1)NS(C)(=O)=O. The largest absolute Gasteiger partial charge is 0.390 e. The summed E-state index contributed by atoms with van der Waals surface area (Å²) in [5.74, 6) is 0. The molecule has 0 radical (unpaired) electrons. The molecule has 0 amide bonds. The van der Waals surface area contributed by atoms with Gasteiger partial charge in [-0.2, -0.15) is 0 Å². The lowest BCUT2D eigenvalue weighted by Gasteiger charge is -2.29. The second kappa shape index (κ2) is 7.67. The van der Waals surface area contributed by atoms with Crippen molar-refractivity contribution in [1.29, 1.82) is 0 Å². The predicted octanol–water partition coefficient (Wildman–Crippen LogP) is -1.40. The highest BCUT2D eigenvalue weighted by atomic mass is 32.2. The topological polar surface area (TPSA) is 90.9 Å². The number of aliphatic hydroxyl groups excluding tert-OH is 1. The van der Waals surface area contributed by atoms with E-state index in [0.29, 0.717) is 32.8 Å². The number of sulfonamides is 1. The van der Waals surface area contributed by atoms with Crippen molar-refractivity contribution in [2.75, 3.05) is 52.2 Å². The van der Waals surface area contributed by atoms with Crippen LogP contribution in [0.2, 0.25) is 0 Å². The zero-order valence-electron chi connectivity index (χ0n) is 12.6. The van der Waals surface area contributed by atoms with E-state index in [-0.39, 0.29) is 0 Å². The van der Waals surface area contributed by atoms with E-state index in [9.17, 15) is 13.5 Å². The lowest BCUT2D eigenvalue weighted by Crippen LogP contribution is -2.51. The van der Waals surface area contributed by atoms with Gasteiger partial charge in [-0.15, -0.1) is 0 Å². The zero-order valence-corrected chi connectivity index (χ0v) is 13.4. The third kappa shape index (κ3) is 8.13. The average Bonchev–Trinajstić information content (AvgIpc) is 2.26. The van der Waals surface area contributed by atoms with E-state index in [1.54, 1.807) is 13.8 Å². The molecular formula is C12H27N3O4S.